The Balaban J connectivity index is 1.72. The van der Waals surface area contributed by atoms with Crippen molar-refractivity contribution in [3.05, 3.63) is 46.2 Å². The molecule has 1 aromatic heterocycles. The standard InChI is InChI=1S/C21H25NO4S/c1-24-17-12-18(25-2)21(19(13-17)26-3)16-6-9-22(10-7-16)20(23)5-4-15-8-11-27-14-15/h6,8,11-14H,4-5,7,9-10H2,1-3H3. The number of benzene rings is 1. The lowest BCUT2D eigenvalue weighted by atomic mass is 9.97. The van der Waals surface area contributed by atoms with E-state index >= 15 is 0 Å². The second-order valence-corrected chi connectivity index (χ2v) is 7.14. The van der Waals surface area contributed by atoms with E-state index in [-0.39, 0.29) is 5.91 Å². The summed E-state index contributed by atoms with van der Waals surface area (Å²) in [6, 6.07) is 5.79. The summed E-state index contributed by atoms with van der Waals surface area (Å²) < 4.78 is 16.4. The Morgan fingerprint density at radius 2 is 1.89 bits per heavy atom. The fourth-order valence-corrected chi connectivity index (χ4v) is 3.99. The zero-order valence-electron chi connectivity index (χ0n) is 16.0. The summed E-state index contributed by atoms with van der Waals surface area (Å²) in [5.74, 6) is 2.32. The Kier molecular flexibility index (Phi) is 6.40. The number of carbonyl (C=O) groups excluding carboxylic acids is 1. The van der Waals surface area contributed by atoms with E-state index in [0.717, 1.165) is 35.5 Å². The van der Waals surface area contributed by atoms with Crippen molar-refractivity contribution in [2.75, 3.05) is 34.4 Å². The third-order valence-electron chi connectivity index (χ3n) is 4.81. The number of thiophene rings is 1. The molecule has 0 fully saturated rings. The highest BCUT2D eigenvalue weighted by Crippen LogP contribution is 2.40. The minimum atomic E-state index is 0.199. The van der Waals surface area contributed by atoms with Crippen molar-refractivity contribution >= 4 is 22.8 Å². The minimum Gasteiger partial charge on any atom is -0.496 e. The first-order valence-corrected chi connectivity index (χ1v) is 9.88. The van der Waals surface area contributed by atoms with Crippen molar-refractivity contribution in [1.82, 2.24) is 4.90 Å². The molecular formula is C21H25NO4S. The summed E-state index contributed by atoms with van der Waals surface area (Å²) >= 11 is 1.67. The third-order valence-corrected chi connectivity index (χ3v) is 5.54. The van der Waals surface area contributed by atoms with Crippen LogP contribution in [-0.4, -0.2) is 45.2 Å². The van der Waals surface area contributed by atoms with Crippen molar-refractivity contribution in [3.63, 3.8) is 0 Å². The molecule has 0 bridgehead atoms. The third kappa shape index (κ3) is 4.45. The van der Waals surface area contributed by atoms with Gasteiger partial charge in [0.1, 0.15) is 17.2 Å². The average molecular weight is 388 g/mol. The number of carbonyl (C=O) groups is 1. The minimum absolute atomic E-state index is 0.199. The van der Waals surface area contributed by atoms with Crippen molar-refractivity contribution in [2.45, 2.75) is 19.3 Å². The summed E-state index contributed by atoms with van der Waals surface area (Å²) in [6.07, 6.45) is 4.21. The van der Waals surface area contributed by atoms with Crippen LogP contribution in [0.3, 0.4) is 0 Å². The van der Waals surface area contributed by atoms with Crippen LogP contribution in [0.25, 0.3) is 5.57 Å². The van der Waals surface area contributed by atoms with Crippen molar-refractivity contribution < 1.29 is 19.0 Å². The van der Waals surface area contributed by atoms with Crippen molar-refractivity contribution in [1.29, 1.82) is 0 Å². The lowest BCUT2D eigenvalue weighted by Crippen LogP contribution is -2.34. The predicted molar refractivity (Wildman–Crippen MR) is 108 cm³/mol. The van der Waals surface area contributed by atoms with Crippen LogP contribution in [0.15, 0.2) is 35.0 Å². The van der Waals surface area contributed by atoms with Gasteiger partial charge in [-0.2, -0.15) is 11.3 Å². The molecule has 6 heteroatoms. The van der Waals surface area contributed by atoms with Crippen LogP contribution < -0.4 is 14.2 Å². The molecule has 0 saturated carbocycles. The first-order valence-electron chi connectivity index (χ1n) is 8.94. The maximum Gasteiger partial charge on any atom is 0.223 e. The summed E-state index contributed by atoms with van der Waals surface area (Å²) in [5, 5.41) is 4.15. The zero-order valence-corrected chi connectivity index (χ0v) is 16.8. The first-order chi connectivity index (χ1) is 13.2. The topological polar surface area (TPSA) is 48.0 Å². The highest BCUT2D eigenvalue weighted by atomic mass is 32.1. The maximum absolute atomic E-state index is 12.5. The number of hydrogen-bond donors (Lipinski definition) is 0. The molecule has 0 aliphatic carbocycles. The Bertz CT molecular complexity index is 789. The largest absolute Gasteiger partial charge is 0.496 e. The van der Waals surface area contributed by atoms with Gasteiger partial charge in [0.05, 0.1) is 26.9 Å². The summed E-state index contributed by atoms with van der Waals surface area (Å²) in [6.45, 7) is 1.31. The Hall–Kier alpha value is -2.47. The molecule has 0 saturated heterocycles. The average Bonchev–Trinajstić information content (AvgIpc) is 3.24. The molecule has 144 valence electrons. The van der Waals surface area contributed by atoms with Gasteiger partial charge >= 0.3 is 0 Å². The maximum atomic E-state index is 12.5. The Labute approximate surface area is 164 Å². The van der Waals surface area contributed by atoms with Crippen molar-refractivity contribution in [3.8, 4) is 17.2 Å². The molecule has 2 aromatic rings. The molecule has 0 unspecified atom stereocenters. The summed E-state index contributed by atoms with van der Waals surface area (Å²) in [4.78, 5) is 14.4. The SMILES string of the molecule is COc1cc(OC)c(C2=CCN(C(=O)CCc3ccsc3)CC2)c(OC)c1. The lowest BCUT2D eigenvalue weighted by Gasteiger charge is -2.28. The molecule has 5 nitrogen and oxygen atoms in total. The summed E-state index contributed by atoms with van der Waals surface area (Å²) in [7, 11) is 4.90. The monoisotopic (exact) mass is 387 g/mol. The van der Waals surface area contributed by atoms with Crippen LogP contribution in [-0.2, 0) is 11.2 Å². The fraction of sp³-hybridized carbons (Fsp3) is 0.381. The van der Waals surface area contributed by atoms with Gasteiger partial charge in [-0.25, -0.2) is 0 Å². The number of amides is 1. The molecule has 27 heavy (non-hydrogen) atoms. The van der Waals surface area contributed by atoms with Gasteiger partial charge in [0.25, 0.3) is 0 Å². The zero-order chi connectivity index (χ0) is 19.2. The Morgan fingerprint density at radius 3 is 2.41 bits per heavy atom. The molecule has 1 aliphatic rings. The van der Waals surface area contributed by atoms with Gasteiger partial charge < -0.3 is 19.1 Å². The van der Waals surface area contributed by atoms with Crippen LogP contribution in [0.4, 0.5) is 0 Å². The molecule has 1 amide bonds. The van der Waals surface area contributed by atoms with E-state index in [2.05, 4.69) is 17.5 Å². The van der Waals surface area contributed by atoms with E-state index in [9.17, 15) is 4.79 Å². The quantitative estimate of drug-likeness (QED) is 0.720. The van der Waals surface area contributed by atoms with Crippen LogP contribution in [0, 0.1) is 0 Å². The molecule has 0 N–H and O–H groups in total. The lowest BCUT2D eigenvalue weighted by molar-refractivity contribution is -0.130. The van der Waals surface area contributed by atoms with E-state index in [1.807, 2.05) is 22.4 Å². The van der Waals surface area contributed by atoms with Crippen LogP contribution in [0.5, 0.6) is 17.2 Å². The van der Waals surface area contributed by atoms with Gasteiger partial charge in [-0.05, 0) is 40.8 Å². The summed E-state index contributed by atoms with van der Waals surface area (Å²) in [5.41, 5.74) is 3.30. The van der Waals surface area contributed by atoms with Gasteiger partial charge in [-0.1, -0.05) is 6.08 Å². The van der Waals surface area contributed by atoms with Crippen LogP contribution >= 0.6 is 11.3 Å². The highest BCUT2D eigenvalue weighted by molar-refractivity contribution is 7.07. The molecule has 3 rings (SSSR count). The van der Waals surface area contributed by atoms with Gasteiger partial charge in [-0.15, -0.1) is 0 Å². The van der Waals surface area contributed by atoms with Gasteiger partial charge in [0.2, 0.25) is 5.91 Å². The smallest absolute Gasteiger partial charge is 0.223 e. The number of aryl methyl sites for hydroxylation is 1. The van der Waals surface area contributed by atoms with Gasteiger partial charge in [0, 0.05) is 31.6 Å². The van der Waals surface area contributed by atoms with Crippen LogP contribution in [0.2, 0.25) is 0 Å². The van der Waals surface area contributed by atoms with Gasteiger partial charge in [0.15, 0.2) is 0 Å². The molecule has 1 aromatic carbocycles. The van der Waals surface area contributed by atoms with E-state index in [4.69, 9.17) is 14.2 Å². The second kappa shape index (κ2) is 8.95. The molecule has 0 spiro atoms. The number of hydrogen-bond acceptors (Lipinski definition) is 5. The van der Waals surface area contributed by atoms with Crippen molar-refractivity contribution in [2.24, 2.45) is 0 Å². The Morgan fingerprint density at radius 1 is 1.15 bits per heavy atom. The number of nitrogens with zero attached hydrogens (tertiary/aromatic N) is 1. The van der Waals surface area contributed by atoms with E-state index in [1.165, 1.54) is 5.56 Å². The number of rotatable bonds is 7. The van der Waals surface area contributed by atoms with E-state index in [0.29, 0.717) is 25.3 Å². The second-order valence-electron chi connectivity index (χ2n) is 6.36. The number of methoxy groups -OCH3 is 3. The number of ether oxygens (including phenoxy) is 3. The molecule has 0 radical (unpaired) electrons. The molecule has 0 atom stereocenters. The first kappa shape index (κ1) is 19.3. The van der Waals surface area contributed by atoms with Gasteiger partial charge in [-0.3, -0.25) is 4.79 Å². The molecule has 1 aliphatic heterocycles. The van der Waals surface area contributed by atoms with E-state index in [1.54, 1.807) is 32.7 Å². The van der Waals surface area contributed by atoms with Crippen LogP contribution in [0.1, 0.15) is 24.0 Å². The molecule has 2 heterocycles. The predicted octanol–water partition coefficient (Wildman–Crippen LogP) is 4.02. The normalized spacial score (nSPS) is 13.9. The fourth-order valence-electron chi connectivity index (χ4n) is 3.29. The highest BCUT2D eigenvalue weighted by Gasteiger charge is 2.22. The molecular weight excluding hydrogens is 362 g/mol. The van der Waals surface area contributed by atoms with E-state index < -0.39 is 0 Å².